The number of pyridine rings is 2. The third-order valence-corrected chi connectivity index (χ3v) is 6.62. The lowest BCUT2D eigenvalue weighted by Crippen LogP contribution is -2.20. The summed E-state index contributed by atoms with van der Waals surface area (Å²) in [5.74, 6) is 1.14. The molecule has 0 radical (unpaired) electrons. The molecule has 0 spiro atoms. The van der Waals surface area contributed by atoms with Gasteiger partial charge >= 0.3 is 0 Å². The van der Waals surface area contributed by atoms with Crippen LogP contribution in [0.15, 0.2) is 48.9 Å². The van der Waals surface area contributed by atoms with Crippen molar-refractivity contribution in [3.05, 3.63) is 60.6 Å². The minimum absolute atomic E-state index is 0.341. The van der Waals surface area contributed by atoms with Gasteiger partial charge < -0.3 is 19.8 Å². The number of aromatic nitrogens is 8. The number of H-pyrrole nitrogens is 2. The molecule has 6 rings (SSSR count). The normalized spacial score (nSPS) is 11.7. The zero-order valence-corrected chi connectivity index (χ0v) is 21.5. The van der Waals surface area contributed by atoms with Crippen LogP contribution in [-0.2, 0) is 7.05 Å². The van der Waals surface area contributed by atoms with Crippen molar-refractivity contribution >= 4 is 27.8 Å². The predicted octanol–water partition coefficient (Wildman–Crippen LogP) is 4.38. The number of benzene rings is 1. The Morgan fingerprint density at radius 3 is 2.68 bits per heavy atom. The first-order valence-corrected chi connectivity index (χ1v) is 12.2. The average molecular weight is 511 g/mol. The van der Waals surface area contributed by atoms with Crippen LogP contribution in [0, 0.1) is 12.7 Å². The van der Waals surface area contributed by atoms with Gasteiger partial charge in [0.15, 0.2) is 11.5 Å². The fourth-order valence-corrected chi connectivity index (χ4v) is 4.51. The second kappa shape index (κ2) is 9.34. The van der Waals surface area contributed by atoms with Crippen LogP contribution in [0.5, 0.6) is 0 Å². The van der Waals surface area contributed by atoms with Gasteiger partial charge in [0.25, 0.3) is 0 Å². The van der Waals surface area contributed by atoms with Gasteiger partial charge in [-0.25, -0.2) is 19.3 Å². The highest BCUT2D eigenvalue weighted by Crippen LogP contribution is 2.32. The van der Waals surface area contributed by atoms with E-state index in [0.29, 0.717) is 46.2 Å². The van der Waals surface area contributed by atoms with Gasteiger partial charge in [0, 0.05) is 49.3 Å². The smallest absolute Gasteiger partial charge is 0.159 e. The molecule has 0 aliphatic rings. The summed E-state index contributed by atoms with van der Waals surface area (Å²) in [6.45, 7) is 3.48. The summed E-state index contributed by atoms with van der Waals surface area (Å²) in [5.41, 5.74) is 6.51. The molecule has 0 aliphatic carbocycles. The van der Waals surface area contributed by atoms with Gasteiger partial charge in [0.1, 0.15) is 22.9 Å². The van der Waals surface area contributed by atoms with E-state index in [1.165, 1.54) is 12.1 Å². The molecule has 0 amide bonds. The third kappa shape index (κ3) is 4.26. The van der Waals surface area contributed by atoms with Crippen LogP contribution in [-0.4, -0.2) is 71.8 Å². The molecule has 0 unspecified atom stereocenters. The van der Waals surface area contributed by atoms with E-state index < -0.39 is 0 Å². The van der Waals surface area contributed by atoms with Crippen LogP contribution >= 0.6 is 0 Å². The highest BCUT2D eigenvalue weighted by molar-refractivity contribution is 5.96. The Bertz CT molecular complexity index is 1780. The van der Waals surface area contributed by atoms with E-state index in [1.54, 1.807) is 12.4 Å². The lowest BCUT2D eigenvalue weighted by Gasteiger charge is -2.12. The molecule has 0 aliphatic heterocycles. The minimum atomic E-state index is -0.341. The second-order valence-electron chi connectivity index (χ2n) is 9.54. The maximum Gasteiger partial charge on any atom is 0.159 e. The number of anilines is 1. The molecular formula is C27H27FN10. The first-order chi connectivity index (χ1) is 18.4. The highest BCUT2D eigenvalue weighted by atomic mass is 19.1. The molecule has 0 fully saturated rings. The van der Waals surface area contributed by atoms with Crippen molar-refractivity contribution in [1.29, 1.82) is 0 Å². The highest BCUT2D eigenvalue weighted by Gasteiger charge is 2.18. The summed E-state index contributed by atoms with van der Waals surface area (Å²) < 4.78 is 16.6. The molecule has 1 aromatic carbocycles. The van der Waals surface area contributed by atoms with E-state index in [0.717, 1.165) is 34.5 Å². The standard InChI is InChI=1S/C27H27FN10/c1-15-31-14-22(38(15)4)17-11-20-24(35-36-26(20)32-13-17)27-33-21-5-6-30-23(25(21)34-27)16-9-18(28)12-19(10-16)29-7-8-37(2)3/h5-6,9-14,29H,7-8H2,1-4H3,(H,33,34)(H,32,35,36). The van der Waals surface area contributed by atoms with E-state index >= 15 is 0 Å². The summed E-state index contributed by atoms with van der Waals surface area (Å²) >= 11 is 0. The summed E-state index contributed by atoms with van der Waals surface area (Å²) in [6, 6.07) is 8.73. The molecule has 6 aromatic rings. The molecule has 0 atom stereocenters. The van der Waals surface area contributed by atoms with Crippen LogP contribution in [0.25, 0.3) is 56.1 Å². The lowest BCUT2D eigenvalue weighted by molar-refractivity contribution is 0.425. The number of rotatable bonds is 7. The molecule has 0 bridgehead atoms. The van der Waals surface area contributed by atoms with E-state index in [4.69, 9.17) is 4.98 Å². The first-order valence-electron chi connectivity index (χ1n) is 12.2. The maximum atomic E-state index is 14.6. The van der Waals surface area contributed by atoms with Gasteiger partial charge in [-0.3, -0.25) is 10.1 Å². The molecule has 0 saturated heterocycles. The Morgan fingerprint density at radius 1 is 1.03 bits per heavy atom. The minimum Gasteiger partial charge on any atom is -0.384 e. The Labute approximate surface area is 218 Å². The number of fused-ring (bicyclic) bond motifs is 2. The number of imidazole rings is 2. The zero-order chi connectivity index (χ0) is 26.4. The summed E-state index contributed by atoms with van der Waals surface area (Å²) in [7, 11) is 5.97. The van der Waals surface area contributed by atoms with Crippen LogP contribution in [0.3, 0.4) is 0 Å². The molecule has 0 saturated carbocycles. The van der Waals surface area contributed by atoms with Crippen molar-refractivity contribution in [2.45, 2.75) is 6.92 Å². The van der Waals surface area contributed by atoms with Crippen molar-refractivity contribution in [3.8, 4) is 34.0 Å². The Kier molecular flexibility index (Phi) is 5.84. The molecule has 11 heteroatoms. The Morgan fingerprint density at radius 2 is 1.89 bits per heavy atom. The van der Waals surface area contributed by atoms with Crippen LogP contribution in [0.2, 0.25) is 0 Å². The second-order valence-corrected chi connectivity index (χ2v) is 9.54. The predicted molar refractivity (Wildman–Crippen MR) is 146 cm³/mol. The fourth-order valence-electron chi connectivity index (χ4n) is 4.51. The maximum absolute atomic E-state index is 14.6. The molecule has 38 heavy (non-hydrogen) atoms. The summed E-state index contributed by atoms with van der Waals surface area (Å²) in [4.78, 5) is 23.8. The Balaban J connectivity index is 1.41. The van der Waals surface area contributed by atoms with Gasteiger partial charge in [-0.2, -0.15) is 5.10 Å². The number of hydrogen-bond donors (Lipinski definition) is 3. The van der Waals surface area contributed by atoms with Gasteiger partial charge in [-0.05, 0) is 51.4 Å². The molecule has 192 valence electrons. The number of nitrogens with zero attached hydrogens (tertiary/aromatic N) is 7. The number of likely N-dealkylation sites (N-methyl/N-ethyl adjacent to an activating group) is 1. The van der Waals surface area contributed by atoms with Gasteiger partial charge in [-0.1, -0.05) is 0 Å². The van der Waals surface area contributed by atoms with Crippen LogP contribution < -0.4 is 5.32 Å². The molecule has 3 N–H and O–H groups in total. The molecule has 10 nitrogen and oxygen atoms in total. The van der Waals surface area contributed by atoms with E-state index in [9.17, 15) is 4.39 Å². The molecule has 5 heterocycles. The average Bonchev–Trinajstić information content (AvgIpc) is 3.59. The van der Waals surface area contributed by atoms with E-state index in [2.05, 4.69) is 40.3 Å². The topological polar surface area (TPSA) is 116 Å². The fraction of sp³-hybridized carbons (Fsp3) is 0.222. The third-order valence-electron chi connectivity index (χ3n) is 6.62. The van der Waals surface area contributed by atoms with Crippen LogP contribution in [0.1, 0.15) is 5.82 Å². The number of aryl methyl sites for hydroxylation is 1. The SMILES string of the molecule is Cc1ncc(-c2cnc3[nH]nc(-c4nc5c(-c6cc(F)cc(NCCN(C)C)c6)nccc5[nH]4)c3c2)n1C. The summed E-state index contributed by atoms with van der Waals surface area (Å²) in [5, 5.41) is 11.6. The van der Waals surface area contributed by atoms with Gasteiger partial charge in [0.2, 0.25) is 0 Å². The van der Waals surface area contributed by atoms with Crippen molar-refractivity contribution in [1.82, 2.24) is 44.6 Å². The first kappa shape index (κ1) is 23.7. The lowest BCUT2D eigenvalue weighted by atomic mass is 10.1. The van der Waals surface area contributed by atoms with Gasteiger partial charge in [-0.15, -0.1) is 0 Å². The number of aromatic amines is 2. The van der Waals surface area contributed by atoms with E-state index in [-0.39, 0.29) is 5.82 Å². The van der Waals surface area contributed by atoms with Crippen molar-refractivity contribution < 1.29 is 4.39 Å². The molecule has 5 aromatic heterocycles. The van der Waals surface area contributed by atoms with Crippen molar-refractivity contribution in [2.24, 2.45) is 7.05 Å². The number of hydrogen-bond acceptors (Lipinski definition) is 7. The van der Waals surface area contributed by atoms with Crippen molar-refractivity contribution in [3.63, 3.8) is 0 Å². The molecular weight excluding hydrogens is 483 g/mol. The van der Waals surface area contributed by atoms with Crippen molar-refractivity contribution in [2.75, 3.05) is 32.5 Å². The largest absolute Gasteiger partial charge is 0.384 e. The van der Waals surface area contributed by atoms with E-state index in [1.807, 2.05) is 57.0 Å². The monoisotopic (exact) mass is 510 g/mol. The quantitative estimate of drug-likeness (QED) is 0.292. The van der Waals surface area contributed by atoms with Crippen LogP contribution in [0.4, 0.5) is 10.1 Å². The number of nitrogens with one attached hydrogen (secondary N) is 3. The van der Waals surface area contributed by atoms with Gasteiger partial charge in [0.05, 0.1) is 28.5 Å². The zero-order valence-electron chi connectivity index (χ0n) is 21.5. The summed E-state index contributed by atoms with van der Waals surface area (Å²) in [6.07, 6.45) is 5.33. The Hall–Kier alpha value is -4.64. The number of halogens is 1.